The van der Waals surface area contributed by atoms with E-state index in [0.717, 1.165) is 32.1 Å². The van der Waals surface area contributed by atoms with Crippen LogP contribution in [0.2, 0.25) is 0 Å². The van der Waals surface area contributed by atoms with Crippen LogP contribution in [0, 0.1) is 34.5 Å². The van der Waals surface area contributed by atoms with Crippen LogP contribution in [-0.4, -0.2) is 70.1 Å². The molecule has 1 heterocycles. The summed E-state index contributed by atoms with van der Waals surface area (Å²) in [5, 5.41) is 24.1. The Morgan fingerprint density at radius 2 is 1.73 bits per heavy atom. The van der Waals surface area contributed by atoms with Gasteiger partial charge in [0.2, 0.25) is 11.7 Å². The van der Waals surface area contributed by atoms with Gasteiger partial charge in [-0.25, -0.2) is 0 Å². The summed E-state index contributed by atoms with van der Waals surface area (Å²) in [4.78, 5) is 62.4. The molecule has 0 aromatic heterocycles. The first kappa shape index (κ1) is 33.8. The molecule has 0 aromatic rings. The number of aliphatic hydroxyl groups is 1. The second-order valence-electron chi connectivity index (χ2n) is 15.5. The van der Waals surface area contributed by atoms with Gasteiger partial charge in [-0.3, -0.25) is 24.0 Å². The zero-order valence-corrected chi connectivity index (χ0v) is 27.3. The van der Waals surface area contributed by atoms with Crippen molar-refractivity contribution in [3.8, 4) is 0 Å². The number of carbonyl (C=O) groups excluding carboxylic acids is 4. The maximum absolute atomic E-state index is 13.5. The molecule has 4 aliphatic carbocycles. The van der Waals surface area contributed by atoms with Gasteiger partial charge >= 0.3 is 11.9 Å². The Morgan fingerprint density at radius 1 is 1.00 bits per heavy atom. The number of amides is 1. The number of fused-ring (bicyclic) bond motifs is 5. The lowest BCUT2D eigenvalue weighted by Crippen LogP contribution is -2.58. The van der Waals surface area contributed by atoms with Gasteiger partial charge in [-0.2, -0.15) is 0 Å². The number of aliphatic carboxylic acids is 1. The molecular weight excluding hydrogens is 578 g/mol. The number of rotatable bonds is 10. The maximum Gasteiger partial charge on any atom is 0.306 e. The molecule has 3 saturated carbocycles. The van der Waals surface area contributed by atoms with E-state index in [-0.39, 0.29) is 42.3 Å². The Hall–Kier alpha value is -2.59. The number of Topliss-reactive ketones (excluding diaryl/α,β-unsaturated/α-hetero) is 1. The minimum absolute atomic E-state index is 0.000254. The smallest absolute Gasteiger partial charge is 0.306 e. The molecule has 10 nitrogen and oxygen atoms in total. The zero-order valence-electron chi connectivity index (χ0n) is 27.3. The van der Waals surface area contributed by atoms with Crippen LogP contribution in [0.5, 0.6) is 0 Å². The molecule has 3 N–H and O–H groups in total. The van der Waals surface area contributed by atoms with Gasteiger partial charge in [-0.15, -0.1) is 0 Å². The fourth-order valence-electron chi connectivity index (χ4n) is 10.0. The lowest BCUT2D eigenvalue weighted by Gasteiger charge is -2.58. The van der Waals surface area contributed by atoms with Crippen LogP contribution in [0.3, 0.4) is 0 Å². The van der Waals surface area contributed by atoms with Crippen molar-refractivity contribution in [1.29, 1.82) is 0 Å². The summed E-state index contributed by atoms with van der Waals surface area (Å²) in [5.41, 5.74) is -1.33. The number of ether oxygens (including phenoxy) is 2. The number of ketones is 2. The molecular formula is C35H51NO9. The van der Waals surface area contributed by atoms with E-state index in [1.54, 1.807) is 0 Å². The lowest BCUT2D eigenvalue weighted by atomic mass is 9.46. The monoisotopic (exact) mass is 629 g/mol. The fraction of sp³-hybridized carbons (Fsp3) is 0.800. The third-order valence-corrected chi connectivity index (χ3v) is 12.5. The van der Waals surface area contributed by atoms with Crippen LogP contribution >= 0.6 is 0 Å². The Bertz CT molecular complexity index is 1260. The van der Waals surface area contributed by atoms with E-state index in [4.69, 9.17) is 9.47 Å². The van der Waals surface area contributed by atoms with Gasteiger partial charge in [-0.1, -0.05) is 19.4 Å². The molecule has 0 spiro atoms. The maximum atomic E-state index is 13.5. The molecule has 0 aromatic carbocycles. The van der Waals surface area contributed by atoms with E-state index in [9.17, 15) is 34.2 Å². The predicted molar refractivity (Wildman–Crippen MR) is 164 cm³/mol. The highest BCUT2D eigenvalue weighted by Crippen LogP contribution is 2.67. The molecule has 1 saturated heterocycles. The standard InChI is InChI=1S/C35H51NO9/c1-32(2)19-21(12-16-45-32)27(18-30(40)41)36-29(39)7-8-31(42)44-20-28(38)35(43)15-11-26-24-6-5-22-17-23(37)9-13-33(22,3)25(24)10-14-34(26,35)4/h17,21,24-27,43H,5-16,18-20H2,1-4H3,(H,36,39)(H,40,41)/t21-,24-,25+,26+,27+,33+,34+,35+/m1/s1. The highest BCUT2D eigenvalue weighted by molar-refractivity contribution is 5.92. The Labute approximate surface area is 266 Å². The summed E-state index contributed by atoms with van der Waals surface area (Å²) < 4.78 is 11.0. The molecule has 8 atom stereocenters. The van der Waals surface area contributed by atoms with Gasteiger partial charge in [0.1, 0.15) is 5.60 Å². The highest BCUT2D eigenvalue weighted by atomic mass is 16.5. The molecule has 0 radical (unpaired) electrons. The number of carbonyl (C=O) groups is 5. The van der Waals surface area contributed by atoms with E-state index >= 15 is 0 Å². The summed E-state index contributed by atoms with van der Waals surface area (Å²) in [7, 11) is 0. The molecule has 45 heavy (non-hydrogen) atoms. The Kier molecular flexibility index (Phi) is 9.41. The minimum atomic E-state index is -1.58. The van der Waals surface area contributed by atoms with E-state index in [1.807, 2.05) is 26.8 Å². The number of carboxylic acid groups (broad SMARTS) is 1. The first-order chi connectivity index (χ1) is 21.1. The zero-order chi connectivity index (χ0) is 32.8. The molecule has 250 valence electrons. The third kappa shape index (κ3) is 6.51. The molecule has 4 fully saturated rings. The normalized spacial score (nSPS) is 37.7. The van der Waals surface area contributed by atoms with Crippen LogP contribution in [0.4, 0.5) is 0 Å². The number of allylic oxidation sites excluding steroid dienone is 1. The SMILES string of the molecule is CC1(C)C[C@H]([C@H](CC(=O)O)NC(=O)CCC(=O)OCC(=O)[C@@]2(O)CC[C@H]3[C@@H]4CCC5=CC(=O)CC[C@]5(C)[C@H]4CC[C@@]32C)CCO1. The third-order valence-electron chi connectivity index (χ3n) is 12.5. The summed E-state index contributed by atoms with van der Waals surface area (Å²) >= 11 is 0. The highest BCUT2D eigenvalue weighted by Gasteiger charge is 2.66. The van der Waals surface area contributed by atoms with Gasteiger partial charge in [0.25, 0.3) is 0 Å². The van der Waals surface area contributed by atoms with E-state index in [1.165, 1.54) is 5.57 Å². The van der Waals surface area contributed by atoms with Crippen LogP contribution in [0.25, 0.3) is 0 Å². The van der Waals surface area contributed by atoms with Gasteiger partial charge < -0.3 is 25.0 Å². The summed E-state index contributed by atoms with van der Waals surface area (Å²) in [5.74, 6) is -1.51. The number of carboxylic acids is 1. The predicted octanol–water partition coefficient (Wildman–Crippen LogP) is 4.31. The molecule has 5 aliphatic rings. The van der Waals surface area contributed by atoms with Crippen molar-refractivity contribution in [3.63, 3.8) is 0 Å². The molecule has 10 heteroatoms. The Morgan fingerprint density at radius 3 is 2.44 bits per heavy atom. The van der Waals surface area contributed by atoms with Crippen molar-refractivity contribution < 1.29 is 43.7 Å². The van der Waals surface area contributed by atoms with Crippen LogP contribution in [0.15, 0.2) is 11.6 Å². The van der Waals surface area contributed by atoms with Gasteiger partial charge in [-0.05, 0) is 107 Å². The fourth-order valence-corrected chi connectivity index (χ4v) is 10.0. The second-order valence-corrected chi connectivity index (χ2v) is 15.5. The second kappa shape index (κ2) is 12.5. The summed E-state index contributed by atoms with van der Waals surface area (Å²) in [6.07, 6.45) is 8.41. The molecule has 0 unspecified atom stereocenters. The van der Waals surface area contributed by atoms with Crippen molar-refractivity contribution in [3.05, 3.63) is 11.6 Å². The van der Waals surface area contributed by atoms with Crippen LogP contribution in [-0.2, 0) is 33.4 Å². The van der Waals surface area contributed by atoms with Gasteiger partial charge in [0.15, 0.2) is 12.4 Å². The molecule has 0 bridgehead atoms. The summed E-state index contributed by atoms with van der Waals surface area (Å²) in [6, 6.07) is -0.578. The van der Waals surface area contributed by atoms with Crippen LogP contribution < -0.4 is 5.32 Å². The molecule has 1 aliphatic heterocycles. The van der Waals surface area contributed by atoms with Crippen molar-refractivity contribution in [1.82, 2.24) is 5.32 Å². The quantitative estimate of drug-likeness (QED) is 0.300. The first-order valence-electron chi connectivity index (χ1n) is 16.9. The van der Waals surface area contributed by atoms with Crippen molar-refractivity contribution in [2.75, 3.05) is 13.2 Å². The first-order valence-corrected chi connectivity index (χ1v) is 16.9. The van der Waals surface area contributed by atoms with Gasteiger partial charge in [0, 0.05) is 30.9 Å². The average molecular weight is 630 g/mol. The van der Waals surface area contributed by atoms with Crippen molar-refractivity contribution >= 4 is 29.4 Å². The number of esters is 1. The minimum Gasteiger partial charge on any atom is -0.481 e. The van der Waals surface area contributed by atoms with E-state index < -0.39 is 52.9 Å². The van der Waals surface area contributed by atoms with E-state index in [2.05, 4.69) is 12.2 Å². The lowest BCUT2D eigenvalue weighted by molar-refractivity contribution is -0.170. The van der Waals surface area contributed by atoms with E-state index in [0.29, 0.717) is 50.5 Å². The summed E-state index contributed by atoms with van der Waals surface area (Å²) in [6.45, 7) is 8.14. The number of hydrogen-bond acceptors (Lipinski definition) is 8. The van der Waals surface area contributed by atoms with Crippen LogP contribution in [0.1, 0.15) is 111 Å². The average Bonchev–Trinajstić information content (AvgIpc) is 3.25. The number of nitrogens with one attached hydrogen (secondary N) is 1. The Balaban J connectivity index is 1.13. The largest absolute Gasteiger partial charge is 0.481 e. The molecule has 5 rings (SSSR count). The van der Waals surface area contributed by atoms with Crippen molar-refractivity contribution in [2.45, 2.75) is 128 Å². The number of hydrogen-bond donors (Lipinski definition) is 3. The van der Waals surface area contributed by atoms with Gasteiger partial charge in [0.05, 0.1) is 18.4 Å². The topological polar surface area (TPSA) is 156 Å². The van der Waals surface area contributed by atoms with Crippen molar-refractivity contribution in [2.24, 2.45) is 34.5 Å². The molecule has 1 amide bonds.